The van der Waals surface area contributed by atoms with Crippen molar-refractivity contribution in [3.05, 3.63) is 18.0 Å². The number of hydrogen-bond acceptors (Lipinski definition) is 3. The molecule has 1 aliphatic rings. The van der Waals surface area contributed by atoms with Crippen LogP contribution in [0.3, 0.4) is 0 Å². The first kappa shape index (κ1) is 16.5. The summed E-state index contributed by atoms with van der Waals surface area (Å²) in [5, 5.41) is 3.04. The normalized spacial score (nSPS) is 18.8. The highest BCUT2D eigenvalue weighted by atomic mass is 32.2. The zero-order valence-electron chi connectivity index (χ0n) is 13.3. The van der Waals surface area contributed by atoms with Gasteiger partial charge in [0.15, 0.2) is 0 Å². The van der Waals surface area contributed by atoms with Crippen molar-refractivity contribution in [3.8, 4) is 0 Å². The van der Waals surface area contributed by atoms with Crippen molar-refractivity contribution in [1.29, 1.82) is 0 Å². The van der Waals surface area contributed by atoms with Gasteiger partial charge in [-0.15, -0.1) is 0 Å². The fourth-order valence-electron chi connectivity index (χ4n) is 3.02. The van der Waals surface area contributed by atoms with Gasteiger partial charge in [-0.1, -0.05) is 26.2 Å². The molecule has 1 aromatic heterocycles. The van der Waals surface area contributed by atoms with Gasteiger partial charge in [0.2, 0.25) is 10.0 Å². The molecule has 0 atom stereocenters. The van der Waals surface area contributed by atoms with Crippen molar-refractivity contribution in [2.75, 3.05) is 13.6 Å². The van der Waals surface area contributed by atoms with Crippen molar-refractivity contribution in [3.63, 3.8) is 0 Å². The summed E-state index contributed by atoms with van der Waals surface area (Å²) in [5.74, 6) is 0. The Bertz CT molecular complexity index is 572. The van der Waals surface area contributed by atoms with Gasteiger partial charge in [0.05, 0.1) is 4.90 Å². The van der Waals surface area contributed by atoms with Gasteiger partial charge in [0.1, 0.15) is 0 Å². The second-order valence-electron chi connectivity index (χ2n) is 6.50. The molecule has 0 unspecified atom stereocenters. The van der Waals surface area contributed by atoms with Gasteiger partial charge in [0, 0.05) is 32.0 Å². The molecular weight excluding hydrogens is 286 g/mol. The van der Waals surface area contributed by atoms with Crippen LogP contribution >= 0.6 is 0 Å². The number of nitrogens with zero attached hydrogens (tertiary/aromatic N) is 1. The largest absolute Gasteiger partial charge is 0.352 e. The van der Waals surface area contributed by atoms with Gasteiger partial charge in [0.25, 0.3) is 0 Å². The molecule has 0 aliphatic heterocycles. The van der Waals surface area contributed by atoms with Crippen LogP contribution in [0.25, 0.3) is 0 Å². The fourth-order valence-corrected chi connectivity index (χ4v) is 4.31. The van der Waals surface area contributed by atoms with Gasteiger partial charge in [-0.3, -0.25) is 0 Å². The third kappa shape index (κ3) is 4.08. The summed E-state index contributed by atoms with van der Waals surface area (Å²) in [6.45, 7) is 3.38. The van der Waals surface area contributed by atoms with Crippen molar-refractivity contribution in [1.82, 2.24) is 14.6 Å². The number of aromatic nitrogens is 1. The van der Waals surface area contributed by atoms with E-state index < -0.39 is 10.0 Å². The Morgan fingerprint density at radius 1 is 1.29 bits per heavy atom. The fraction of sp³-hybridized carbons (Fsp3) is 0.733. The van der Waals surface area contributed by atoms with E-state index in [0.717, 1.165) is 18.5 Å². The van der Waals surface area contributed by atoms with E-state index in [2.05, 4.69) is 17.0 Å². The quantitative estimate of drug-likeness (QED) is 0.844. The molecule has 0 radical (unpaired) electrons. The highest BCUT2D eigenvalue weighted by molar-refractivity contribution is 7.89. The molecule has 1 aromatic rings. The van der Waals surface area contributed by atoms with Crippen molar-refractivity contribution >= 4 is 10.0 Å². The molecule has 6 heteroatoms. The summed E-state index contributed by atoms with van der Waals surface area (Å²) in [5.41, 5.74) is 1.07. The van der Waals surface area contributed by atoms with Gasteiger partial charge in [-0.2, -0.15) is 0 Å². The molecule has 1 fully saturated rings. The molecule has 2 N–H and O–H groups in total. The smallest absolute Gasteiger partial charge is 0.242 e. The standard InChI is InChI=1S/C15H27N3O2S/c1-15(7-5-4-6-8-15)12-17-21(19,20)14-9-13(10-16-2)18(3)11-14/h9,11,16-17H,4-8,10,12H2,1-3H3. The third-order valence-corrected chi connectivity index (χ3v) is 5.87. The van der Waals surface area contributed by atoms with Crippen molar-refractivity contribution in [2.45, 2.75) is 50.5 Å². The van der Waals surface area contributed by atoms with Crippen LogP contribution in [0.5, 0.6) is 0 Å². The zero-order chi connectivity index (χ0) is 15.5. The van der Waals surface area contributed by atoms with Gasteiger partial charge >= 0.3 is 0 Å². The predicted octanol–water partition coefficient (Wildman–Crippen LogP) is 1.99. The molecule has 0 spiro atoms. The van der Waals surface area contributed by atoms with Crippen molar-refractivity contribution in [2.24, 2.45) is 12.5 Å². The molecule has 1 heterocycles. The van der Waals surface area contributed by atoms with Gasteiger partial charge < -0.3 is 9.88 Å². The first-order valence-corrected chi connectivity index (χ1v) is 9.14. The summed E-state index contributed by atoms with van der Waals surface area (Å²) < 4.78 is 29.5. The van der Waals surface area contributed by atoms with Crippen LogP contribution in [0.2, 0.25) is 0 Å². The van der Waals surface area contributed by atoms with E-state index in [0.29, 0.717) is 18.0 Å². The van der Waals surface area contributed by atoms with Crippen LogP contribution in [-0.2, 0) is 23.6 Å². The average molecular weight is 313 g/mol. The highest BCUT2D eigenvalue weighted by Gasteiger charge is 2.29. The lowest BCUT2D eigenvalue weighted by Crippen LogP contribution is -2.36. The van der Waals surface area contributed by atoms with E-state index in [1.165, 1.54) is 19.3 Å². The monoisotopic (exact) mass is 313 g/mol. The molecular formula is C15H27N3O2S. The summed E-state index contributed by atoms with van der Waals surface area (Å²) in [6, 6.07) is 1.74. The van der Waals surface area contributed by atoms with Gasteiger partial charge in [-0.25, -0.2) is 13.1 Å². The molecule has 0 amide bonds. The van der Waals surface area contributed by atoms with Crippen LogP contribution in [0.1, 0.15) is 44.7 Å². The van der Waals surface area contributed by atoms with Crippen molar-refractivity contribution < 1.29 is 8.42 Å². The Labute approximate surface area is 128 Å². The molecule has 0 bridgehead atoms. The van der Waals surface area contributed by atoms with Crippen LogP contribution < -0.4 is 10.0 Å². The summed E-state index contributed by atoms with van der Waals surface area (Å²) in [6.07, 6.45) is 7.57. The Morgan fingerprint density at radius 3 is 2.57 bits per heavy atom. The first-order chi connectivity index (χ1) is 9.86. The Balaban J connectivity index is 2.06. The lowest BCUT2D eigenvalue weighted by Gasteiger charge is -2.33. The Kier molecular flexibility index (Phi) is 5.11. The molecule has 0 saturated heterocycles. The second kappa shape index (κ2) is 6.50. The maximum Gasteiger partial charge on any atom is 0.242 e. The molecule has 0 aromatic carbocycles. The number of nitrogens with one attached hydrogen (secondary N) is 2. The third-order valence-electron chi connectivity index (χ3n) is 4.50. The SMILES string of the molecule is CNCc1cc(S(=O)(=O)NCC2(C)CCCCC2)cn1C. The van der Waals surface area contributed by atoms with E-state index in [-0.39, 0.29) is 5.41 Å². The Hall–Kier alpha value is -0.850. The van der Waals surface area contributed by atoms with Crippen LogP contribution in [0, 0.1) is 5.41 Å². The minimum Gasteiger partial charge on any atom is -0.352 e. The minimum absolute atomic E-state index is 0.105. The van der Waals surface area contributed by atoms with E-state index >= 15 is 0 Å². The summed E-state index contributed by atoms with van der Waals surface area (Å²) in [7, 11) is 0.303. The zero-order valence-corrected chi connectivity index (χ0v) is 14.1. The Morgan fingerprint density at radius 2 is 1.95 bits per heavy atom. The summed E-state index contributed by atoms with van der Waals surface area (Å²) >= 11 is 0. The van der Waals surface area contributed by atoms with Crippen LogP contribution in [0.4, 0.5) is 0 Å². The number of hydrogen-bond donors (Lipinski definition) is 2. The predicted molar refractivity (Wildman–Crippen MR) is 84.6 cm³/mol. The lowest BCUT2D eigenvalue weighted by atomic mass is 9.76. The number of aryl methyl sites for hydroxylation is 1. The van der Waals surface area contributed by atoms with Crippen LogP contribution in [-0.4, -0.2) is 26.6 Å². The van der Waals surface area contributed by atoms with Crippen LogP contribution in [0.15, 0.2) is 17.2 Å². The van der Waals surface area contributed by atoms with E-state index in [4.69, 9.17) is 0 Å². The minimum atomic E-state index is -3.42. The molecule has 2 rings (SSSR count). The maximum atomic E-state index is 12.4. The topological polar surface area (TPSA) is 63.1 Å². The van der Waals surface area contributed by atoms with E-state index in [1.807, 2.05) is 18.7 Å². The molecule has 5 nitrogen and oxygen atoms in total. The molecule has 120 valence electrons. The van der Waals surface area contributed by atoms with E-state index in [9.17, 15) is 8.42 Å². The van der Waals surface area contributed by atoms with Gasteiger partial charge in [-0.05, 0) is 31.4 Å². The molecule has 21 heavy (non-hydrogen) atoms. The number of rotatable bonds is 6. The lowest BCUT2D eigenvalue weighted by molar-refractivity contribution is 0.219. The second-order valence-corrected chi connectivity index (χ2v) is 8.27. The average Bonchev–Trinajstić information content (AvgIpc) is 2.81. The highest BCUT2D eigenvalue weighted by Crippen LogP contribution is 2.35. The first-order valence-electron chi connectivity index (χ1n) is 7.66. The maximum absolute atomic E-state index is 12.4. The number of sulfonamides is 1. The summed E-state index contributed by atoms with van der Waals surface area (Å²) in [4.78, 5) is 0.356. The molecule has 1 aliphatic carbocycles. The van der Waals surface area contributed by atoms with E-state index in [1.54, 1.807) is 12.3 Å². The molecule has 1 saturated carbocycles.